The molecule has 0 aliphatic carbocycles. The summed E-state index contributed by atoms with van der Waals surface area (Å²) in [5.41, 5.74) is 4.30. The number of halogens is 4. The van der Waals surface area contributed by atoms with Crippen molar-refractivity contribution in [2.45, 2.75) is 19.4 Å². The Hall–Kier alpha value is -2.96. The summed E-state index contributed by atoms with van der Waals surface area (Å²) in [4.78, 5) is 26.8. The second kappa shape index (κ2) is 9.30. The lowest BCUT2D eigenvalue weighted by molar-refractivity contribution is -0.120. The van der Waals surface area contributed by atoms with Crippen LogP contribution >= 0.6 is 23.2 Å². The normalized spacial score (nSPS) is 11.3. The lowest BCUT2D eigenvalue weighted by Gasteiger charge is -2.16. The van der Waals surface area contributed by atoms with Crippen LogP contribution in [0.1, 0.15) is 25.1 Å². The zero-order valence-electron chi connectivity index (χ0n) is 14.3. The average Bonchev–Trinajstić information content (AvgIpc) is 2.63. The van der Waals surface area contributed by atoms with Crippen molar-refractivity contribution in [1.29, 1.82) is 5.26 Å². The molecule has 0 bridgehead atoms. The van der Waals surface area contributed by atoms with Gasteiger partial charge in [-0.2, -0.15) is 5.26 Å². The van der Waals surface area contributed by atoms with Gasteiger partial charge in [0.1, 0.15) is 18.1 Å². The molecule has 0 saturated heterocycles. The first kappa shape index (κ1) is 21.3. The molecule has 0 aliphatic heterocycles. The molecule has 0 spiro atoms. The summed E-state index contributed by atoms with van der Waals surface area (Å²) >= 11 is 11.7. The van der Waals surface area contributed by atoms with E-state index in [1.807, 2.05) is 10.9 Å². The van der Waals surface area contributed by atoms with Crippen LogP contribution < -0.4 is 16.2 Å². The van der Waals surface area contributed by atoms with Crippen molar-refractivity contribution in [1.82, 2.24) is 21.2 Å². The first-order chi connectivity index (χ1) is 13.2. The highest BCUT2D eigenvalue weighted by Crippen LogP contribution is 2.33. The highest BCUT2D eigenvalue weighted by atomic mass is 35.5. The lowest BCUT2D eigenvalue weighted by Crippen LogP contribution is -2.47. The molecule has 0 fully saturated rings. The number of nitriles is 1. The van der Waals surface area contributed by atoms with Crippen molar-refractivity contribution in [2.75, 3.05) is 0 Å². The fourth-order valence-electron chi connectivity index (χ4n) is 2.22. The van der Waals surface area contributed by atoms with Gasteiger partial charge in [0.2, 0.25) is 0 Å². The van der Waals surface area contributed by atoms with Gasteiger partial charge in [0.05, 0.1) is 22.8 Å². The largest absolute Gasteiger partial charge is 0.334 e. The zero-order chi connectivity index (χ0) is 20.8. The van der Waals surface area contributed by atoms with Gasteiger partial charge < -0.3 is 5.32 Å². The summed E-state index contributed by atoms with van der Waals surface area (Å²) in [6, 6.07) is 3.41. The number of amides is 3. The zero-order valence-corrected chi connectivity index (χ0v) is 15.8. The molecule has 1 aromatic heterocycles. The Morgan fingerprint density at radius 1 is 1.21 bits per heavy atom. The Morgan fingerprint density at radius 2 is 1.93 bits per heavy atom. The van der Waals surface area contributed by atoms with E-state index in [2.05, 4.69) is 10.3 Å². The van der Waals surface area contributed by atoms with Gasteiger partial charge in [-0.05, 0) is 25.1 Å². The van der Waals surface area contributed by atoms with Crippen LogP contribution in [0.15, 0.2) is 24.4 Å². The highest BCUT2D eigenvalue weighted by Gasteiger charge is 2.18. The van der Waals surface area contributed by atoms with Crippen molar-refractivity contribution < 1.29 is 18.4 Å². The van der Waals surface area contributed by atoms with Gasteiger partial charge in [-0.15, -0.1) is 0 Å². The van der Waals surface area contributed by atoms with Crippen LogP contribution in [0, 0.1) is 23.0 Å². The number of hydrazine groups is 1. The average molecular weight is 428 g/mol. The van der Waals surface area contributed by atoms with Crippen LogP contribution in [0.2, 0.25) is 10.0 Å². The van der Waals surface area contributed by atoms with Crippen LogP contribution in [0.5, 0.6) is 0 Å². The number of aromatic nitrogens is 1. The Bertz CT molecular complexity index is 965. The molecule has 0 radical (unpaired) electrons. The van der Waals surface area contributed by atoms with Crippen molar-refractivity contribution in [2.24, 2.45) is 0 Å². The molecule has 1 aromatic carbocycles. The maximum absolute atomic E-state index is 14.5. The quantitative estimate of drug-likeness (QED) is 0.511. The first-order valence-corrected chi connectivity index (χ1v) is 8.51. The molecule has 11 heteroatoms. The van der Waals surface area contributed by atoms with Gasteiger partial charge in [0.15, 0.2) is 0 Å². The standard InChI is InChI=1S/C17H13Cl2F2N5O2/c1-8(24-17(28)26-25-14(27)2-3-22)16-13(21)4-9(7-23-16)11-5-10(18)6-12(20)15(11)19/h4-8H,2H2,1H3,(H,25,27)(H2,24,26,28). The Labute approximate surface area is 168 Å². The number of nitrogens with zero attached hydrogens (tertiary/aromatic N) is 2. The summed E-state index contributed by atoms with van der Waals surface area (Å²) in [6.45, 7) is 1.47. The summed E-state index contributed by atoms with van der Waals surface area (Å²) < 4.78 is 28.2. The second-order valence-corrected chi connectivity index (χ2v) is 6.36. The number of carbonyl (C=O) groups is 2. The van der Waals surface area contributed by atoms with E-state index in [1.54, 1.807) is 6.07 Å². The van der Waals surface area contributed by atoms with Gasteiger partial charge >= 0.3 is 6.03 Å². The fraction of sp³-hybridized carbons (Fsp3) is 0.176. The molecule has 3 N–H and O–H groups in total. The van der Waals surface area contributed by atoms with Crippen LogP contribution in [0.4, 0.5) is 13.6 Å². The summed E-state index contributed by atoms with van der Waals surface area (Å²) in [6.07, 6.45) is 0.834. The number of nitrogens with one attached hydrogen (secondary N) is 3. The highest BCUT2D eigenvalue weighted by molar-refractivity contribution is 6.35. The molecule has 0 aliphatic rings. The molecule has 3 amide bonds. The molecule has 1 heterocycles. The van der Waals surface area contributed by atoms with Gasteiger partial charge in [-0.25, -0.2) is 19.0 Å². The van der Waals surface area contributed by atoms with Crippen LogP contribution in [-0.2, 0) is 4.79 Å². The molecule has 2 rings (SSSR count). The topological polar surface area (TPSA) is 107 Å². The lowest BCUT2D eigenvalue weighted by atomic mass is 10.1. The van der Waals surface area contributed by atoms with E-state index >= 15 is 0 Å². The minimum atomic E-state index is -0.867. The third kappa shape index (κ3) is 5.28. The van der Waals surface area contributed by atoms with E-state index in [0.717, 1.165) is 12.1 Å². The molecule has 7 nitrogen and oxygen atoms in total. The smallest absolute Gasteiger partial charge is 0.329 e. The monoisotopic (exact) mass is 427 g/mol. The molecule has 146 valence electrons. The predicted molar refractivity (Wildman–Crippen MR) is 98.1 cm³/mol. The van der Waals surface area contributed by atoms with E-state index in [9.17, 15) is 18.4 Å². The van der Waals surface area contributed by atoms with Crippen molar-refractivity contribution in [3.8, 4) is 17.2 Å². The van der Waals surface area contributed by atoms with E-state index < -0.39 is 36.0 Å². The van der Waals surface area contributed by atoms with Gasteiger partial charge in [0, 0.05) is 22.3 Å². The molecule has 2 aromatic rings. The molecular formula is C17H13Cl2F2N5O2. The summed E-state index contributed by atoms with van der Waals surface area (Å²) in [7, 11) is 0. The number of rotatable bonds is 4. The van der Waals surface area contributed by atoms with E-state index in [0.29, 0.717) is 0 Å². The fourth-order valence-corrected chi connectivity index (χ4v) is 2.65. The Morgan fingerprint density at radius 3 is 2.57 bits per heavy atom. The third-order valence-corrected chi connectivity index (χ3v) is 4.09. The molecule has 28 heavy (non-hydrogen) atoms. The maximum atomic E-state index is 14.5. The number of urea groups is 1. The van der Waals surface area contributed by atoms with E-state index in [-0.39, 0.29) is 26.9 Å². The predicted octanol–water partition coefficient (Wildman–Crippen LogP) is 3.64. The Kier molecular flexibility index (Phi) is 7.09. The summed E-state index contributed by atoms with van der Waals surface area (Å²) in [5.74, 6) is -2.22. The van der Waals surface area contributed by atoms with Gasteiger partial charge in [-0.3, -0.25) is 15.2 Å². The molecule has 1 unspecified atom stereocenters. The minimum absolute atomic E-state index is 0.0894. The molecule has 1 atom stereocenters. The number of carbonyl (C=O) groups excluding carboxylic acids is 2. The van der Waals surface area contributed by atoms with Crippen molar-refractivity contribution in [3.63, 3.8) is 0 Å². The summed E-state index contributed by atoms with van der Waals surface area (Å²) in [5, 5.41) is 10.6. The minimum Gasteiger partial charge on any atom is -0.329 e. The van der Waals surface area contributed by atoms with E-state index in [1.165, 1.54) is 19.2 Å². The SMILES string of the molecule is CC(NC(=O)NNC(=O)CC#N)c1ncc(-c2cc(Cl)cc(F)c2Cl)cc1F. The second-order valence-electron chi connectivity index (χ2n) is 5.54. The van der Waals surface area contributed by atoms with E-state index in [4.69, 9.17) is 28.5 Å². The maximum Gasteiger partial charge on any atom is 0.334 e. The number of benzene rings is 1. The van der Waals surface area contributed by atoms with Crippen molar-refractivity contribution in [3.05, 3.63) is 51.8 Å². The van der Waals surface area contributed by atoms with Crippen molar-refractivity contribution >= 4 is 35.1 Å². The first-order valence-electron chi connectivity index (χ1n) is 7.75. The molecular weight excluding hydrogens is 415 g/mol. The number of pyridine rings is 1. The van der Waals surface area contributed by atoms with Crippen LogP contribution in [0.3, 0.4) is 0 Å². The van der Waals surface area contributed by atoms with Crippen LogP contribution in [-0.4, -0.2) is 16.9 Å². The van der Waals surface area contributed by atoms with Gasteiger partial charge in [-0.1, -0.05) is 23.2 Å². The number of hydrogen-bond acceptors (Lipinski definition) is 4. The number of hydrogen-bond donors (Lipinski definition) is 3. The molecule has 0 saturated carbocycles. The Balaban J connectivity index is 2.13. The third-order valence-electron chi connectivity index (χ3n) is 3.49. The van der Waals surface area contributed by atoms with Crippen LogP contribution in [0.25, 0.3) is 11.1 Å². The van der Waals surface area contributed by atoms with Gasteiger partial charge in [0.25, 0.3) is 5.91 Å².